The van der Waals surface area contributed by atoms with Crippen LogP contribution >= 0.6 is 11.8 Å². The minimum Gasteiger partial charge on any atom is -0.367 e. The molecular formula is C26H29F3N6OS. The van der Waals surface area contributed by atoms with Gasteiger partial charge in [-0.1, -0.05) is 11.8 Å². The van der Waals surface area contributed by atoms with E-state index >= 15 is 0 Å². The predicted molar refractivity (Wildman–Crippen MR) is 137 cm³/mol. The predicted octanol–water partition coefficient (Wildman–Crippen LogP) is 4.79. The molecule has 4 heterocycles. The average molecular weight is 531 g/mol. The monoisotopic (exact) mass is 530 g/mol. The van der Waals surface area contributed by atoms with E-state index in [-0.39, 0.29) is 5.78 Å². The SMILES string of the molecule is CC(=O)c1ccc(-c2nnc(SCCCN3C[C@H]4CCN(c5ccc(C(F)(F)F)cc5)[C@H]4C3)n2C)cn1. The van der Waals surface area contributed by atoms with Crippen LogP contribution in [0, 0.1) is 5.92 Å². The van der Waals surface area contributed by atoms with Gasteiger partial charge in [0, 0.05) is 62.8 Å². The second kappa shape index (κ2) is 10.4. The Morgan fingerprint density at radius 1 is 1.11 bits per heavy atom. The minimum absolute atomic E-state index is 0.0744. The van der Waals surface area contributed by atoms with Gasteiger partial charge in [0.2, 0.25) is 0 Å². The Morgan fingerprint density at radius 2 is 1.89 bits per heavy atom. The zero-order valence-electron chi connectivity index (χ0n) is 20.8. The highest BCUT2D eigenvalue weighted by molar-refractivity contribution is 7.99. The lowest BCUT2D eigenvalue weighted by molar-refractivity contribution is -0.137. The van der Waals surface area contributed by atoms with Crippen LogP contribution in [0.4, 0.5) is 18.9 Å². The number of hydrogen-bond donors (Lipinski definition) is 0. The van der Waals surface area contributed by atoms with Gasteiger partial charge in [0.05, 0.1) is 5.56 Å². The molecule has 1 aromatic carbocycles. The molecule has 0 aliphatic carbocycles. The van der Waals surface area contributed by atoms with Crippen LogP contribution in [0.25, 0.3) is 11.4 Å². The minimum atomic E-state index is -4.31. The largest absolute Gasteiger partial charge is 0.416 e. The van der Waals surface area contributed by atoms with Gasteiger partial charge in [-0.15, -0.1) is 10.2 Å². The van der Waals surface area contributed by atoms with Gasteiger partial charge in [-0.05, 0) is 61.7 Å². The summed E-state index contributed by atoms with van der Waals surface area (Å²) in [5.41, 5.74) is 1.51. The number of hydrogen-bond acceptors (Lipinski definition) is 7. The summed E-state index contributed by atoms with van der Waals surface area (Å²) in [5, 5.41) is 9.45. The fourth-order valence-electron chi connectivity index (χ4n) is 5.27. The highest BCUT2D eigenvalue weighted by Crippen LogP contribution is 2.37. The Hall–Kier alpha value is -2.92. The van der Waals surface area contributed by atoms with Gasteiger partial charge < -0.3 is 14.4 Å². The second-order valence-corrected chi connectivity index (χ2v) is 10.7. The third kappa shape index (κ3) is 5.52. The number of Topliss-reactive ketones (excluding diaryl/α,β-unsaturated/α-hetero) is 1. The van der Waals surface area contributed by atoms with Gasteiger partial charge in [-0.2, -0.15) is 13.2 Å². The van der Waals surface area contributed by atoms with Crippen LogP contribution in [-0.2, 0) is 13.2 Å². The molecule has 0 amide bonds. The van der Waals surface area contributed by atoms with Crippen molar-refractivity contribution in [3.63, 3.8) is 0 Å². The Balaban J connectivity index is 1.11. The van der Waals surface area contributed by atoms with Crippen LogP contribution in [0.1, 0.15) is 35.8 Å². The van der Waals surface area contributed by atoms with E-state index in [0.717, 1.165) is 61.2 Å². The quantitative estimate of drug-likeness (QED) is 0.236. The first-order chi connectivity index (χ1) is 17.7. The van der Waals surface area contributed by atoms with E-state index in [2.05, 4.69) is 25.0 Å². The number of rotatable bonds is 8. The van der Waals surface area contributed by atoms with Crippen molar-refractivity contribution in [1.82, 2.24) is 24.6 Å². The maximum atomic E-state index is 12.9. The lowest BCUT2D eigenvalue weighted by Crippen LogP contribution is -2.35. The van der Waals surface area contributed by atoms with Crippen LogP contribution < -0.4 is 4.90 Å². The molecule has 2 aliphatic rings. The highest BCUT2D eigenvalue weighted by Gasteiger charge is 2.41. The number of likely N-dealkylation sites (tertiary alicyclic amines) is 1. The van der Waals surface area contributed by atoms with E-state index < -0.39 is 11.7 Å². The number of thioether (sulfide) groups is 1. The molecule has 0 radical (unpaired) electrons. The van der Waals surface area contributed by atoms with Gasteiger partial charge >= 0.3 is 6.18 Å². The van der Waals surface area contributed by atoms with Crippen LogP contribution in [-0.4, -0.2) is 68.4 Å². The molecule has 2 aliphatic heterocycles. The number of benzene rings is 1. The molecule has 0 spiro atoms. The number of alkyl halides is 3. The number of anilines is 1. The molecule has 2 atom stereocenters. The zero-order valence-corrected chi connectivity index (χ0v) is 21.6. The van der Waals surface area contributed by atoms with E-state index in [0.29, 0.717) is 23.5 Å². The molecule has 2 fully saturated rings. The number of nitrogens with zero attached hydrogens (tertiary/aromatic N) is 6. The summed E-state index contributed by atoms with van der Waals surface area (Å²) in [4.78, 5) is 20.4. The standard InChI is InChI=1S/C26H29F3N6OS/c1-17(36)22-9-4-18(14-30-22)24-31-32-25(33(24)2)37-13-3-11-34-15-19-10-12-35(23(19)16-34)21-7-5-20(6-8-21)26(27,28)29/h4-9,14,19,23H,3,10-13,15-16H2,1-2H3/t19-,23+/m1/s1. The summed E-state index contributed by atoms with van der Waals surface area (Å²) in [5.74, 6) is 2.09. The molecule has 7 nitrogen and oxygen atoms in total. The van der Waals surface area contributed by atoms with Gasteiger partial charge in [0.15, 0.2) is 16.8 Å². The third-order valence-electron chi connectivity index (χ3n) is 7.22. The van der Waals surface area contributed by atoms with E-state index in [4.69, 9.17) is 0 Å². The van der Waals surface area contributed by atoms with E-state index in [1.165, 1.54) is 19.1 Å². The lowest BCUT2D eigenvalue weighted by atomic mass is 10.0. The highest BCUT2D eigenvalue weighted by atomic mass is 32.2. The summed E-state index contributed by atoms with van der Waals surface area (Å²) in [7, 11) is 1.92. The second-order valence-electron chi connectivity index (χ2n) is 9.67. The molecular weight excluding hydrogens is 501 g/mol. The fourth-order valence-corrected chi connectivity index (χ4v) is 6.11. The zero-order chi connectivity index (χ0) is 26.2. The van der Waals surface area contributed by atoms with E-state index in [9.17, 15) is 18.0 Å². The van der Waals surface area contributed by atoms with E-state index in [1.54, 1.807) is 36.2 Å². The molecule has 0 bridgehead atoms. The van der Waals surface area contributed by atoms with Crippen LogP contribution in [0.15, 0.2) is 47.8 Å². The molecule has 196 valence electrons. The molecule has 37 heavy (non-hydrogen) atoms. The van der Waals surface area contributed by atoms with E-state index in [1.807, 2.05) is 17.7 Å². The normalized spacial score (nSPS) is 20.0. The number of pyridine rings is 1. The van der Waals surface area contributed by atoms with Crippen molar-refractivity contribution >= 4 is 23.2 Å². The van der Waals surface area contributed by atoms with Gasteiger partial charge in [-0.25, -0.2) is 0 Å². The Kier molecular flexibility index (Phi) is 7.26. The number of aromatic nitrogens is 4. The van der Waals surface area contributed by atoms with Crippen molar-refractivity contribution < 1.29 is 18.0 Å². The summed E-state index contributed by atoms with van der Waals surface area (Å²) >= 11 is 1.66. The van der Waals surface area contributed by atoms with Gasteiger partial charge in [0.25, 0.3) is 0 Å². The average Bonchev–Trinajstić information content (AvgIpc) is 3.56. The maximum Gasteiger partial charge on any atom is 0.416 e. The number of carbonyl (C=O) groups excluding carboxylic acids is 1. The Bertz CT molecular complexity index is 1240. The van der Waals surface area contributed by atoms with Crippen molar-refractivity contribution in [1.29, 1.82) is 0 Å². The molecule has 2 saturated heterocycles. The fraction of sp³-hybridized carbons (Fsp3) is 0.462. The Labute approximate surface area is 218 Å². The summed E-state index contributed by atoms with van der Waals surface area (Å²) in [6, 6.07) is 9.46. The summed E-state index contributed by atoms with van der Waals surface area (Å²) < 4.78 is 40.7. The number of halogens is 3. The smallest absolute Gasteiger partial charge is 0.367 e. The summed E-state index contributed by atoms with van der Waals surface area (Å²) in [6.45, 7) is 5.33. The summed E-state index contributed by atoms with van der Waals surface area (Å²) in [6.07, 6.45) is -0.588. The molecule has 2 aromatic heterocycles. The van der Waals surface area contributed by atoms with Gasteiger partial charge in [-0.3, -0.25) is 9.78 Å². The number of carbonyl (C=O) groups is 1. The molecule has 0 unspecified atom stereocenters. The molecule has 11 heteroatoms. The molecule has 3 aromatic rings. The van der Waals surface area contributed by atoms with Crippen LogP contribution in [0.3, 0.4) is 0 Å². The first kappa shape index (κ1) is 25.7. The number of ketones is 1. The maximum absolute atomic E-state index is 12.9. The molecule has 5 rings (SSSR count). The topological polar surface area (TPSA) is 67.2 Å². The molecule has 0 N–H and O–H groups in total. The van der Waals surface area contributed by atoms with Crippen molar-refractivity contribution in [2.24, 2.45) is 13.0 Å². The van der Waals surface area contributed by atoms with Crippen molar-refractivity contribution in [3.8, 4) is 11.4 Å². The third-order valence-corrected chi connectivity index (χ3v) is 8.32. The van der Waals surface area contributed by atoms with Crippen LogP contribution in [0.5, 0.6) is 0 Å². The lowest BCUT2D eigenvalue weighted by Gasteiger charge is -2.27. The first-order valence-electron chi connectivity index (χ1n) is 12.4. The number of fused-ring (bicyclic) bond motifs is 1. The van der Waals surface area contributed by atoms with Crippen molar-refractivity contribution in [3.05, 3.63) is 53.9 Å². The first-order valence-corrected chi connectivity index (χ1v) is 13.3. The van der Waals surface area contributed by atoms with Gasteiger partial charge in [0.1, 0.15) is 5.69 Å². The van der Waals surface area contributed by atoms with Crippen LogP contribution in [0.2, 0.25) is 0 Å². The van der Waals surface area contributed by atoms with Crippen molar-refractivity contribution in [2.45, 2.75) is 37.1 Å². The molecule has 0 saturated carbocycles. The van der Waals surface area contributed by atoms with Crippen molar-refractivity contribution in [2.75, 3.05) is 36.8 Å². The Morgan fingerprint density at radius 3 is 2.57 bits per heavy atom.